The van der Waals surface area contributed by atoms with Gasteiger partial charge in [0.1, 0.15) is 24.2 Å². The van der Waals surface area contributed by atoms with Crippen molar-refractivity contribution >= 4 is 29.1 Å². The maximum atomic E-state index is 15.2. The van der Waals surface area contributed by atoms with Gasteiger partial charge in [0.25, 0.3) is 0 Å². The molecule has 47 heavy (non-hydrogen) atoms. The lowest BCUT2D eigenvalue weighted by Crippen LogP contribution is -2.58. The molecule has 2 N–H and O–H groups in total. The van der Waals surface area contributed by atoms with Gasteiger partial charge in [-0.1, -0.05) is 0 Å². The average molecular weight is 642 g/mol. The summed E-state index contributed by atoms with van der Waals surface area (Å²) in [4.78, 5) is 44.2. The number of piperidine rings is 1. The molecule has 1 aromatic heterocycles. The molecule has 244 valence electrons. The monoisotopic (exact) mass is 641 g/mol. The Balaban J connectivity index is 1.03. The maximum Gasteiger partial charge on any atom is 0.248 e. The van der Waals surface area contributed by atoms with Crippen molar-refractivity contribution < 1.29 is 23.5 Å². The van der Waals surface area contributed by atoms with Crippen LogP contribution in [0.25, 0.3) is 11.4 Å². The number of fused-ring (bicyclic) bond motifs is 1. The molecular weight excluding hydrogens is 605 g/mol. The molecule has 4 aliphatic rings. The van der Waals surface area contributed by atoms with Gasteiger partial charge in [0.2, 0.25) is 24.0 Å². The van der Waals surface area contributed by atoms with E-state index in [-0.39, 0.29) is 36.0 Å². The Bertz CT molecular complexity index is 1670. The number of halogens is 1. The minimum Gasteiger partial charge on any atom is -0.466 e. The van der Waals surface area contributed by atoms with Gasteiger partial charge in [-0.25, -0.2) is 14.4 Å². The van der Waals surface area contributed by atoms with Crippen LogP contribution in [0, 0.1) is 11.3 Å². The normalized spacial score (nSPS) is 24.6. The molecule has 2 aromatic carbocycles. The molecule has 0 saturated carbocycles. The Morgan fingerprint density at radius 1 is 1.11 bits per heavy atom. The van der Waals surface area contributed by atoms with Gasteiger partial charge in [-0.3, -0.25) is 14.5 Å². The molecule has 0 bridgehead atoms. The van der Waals surface area contributed by atoms with Crippen LogP contribution >= 0.6 is 0 Å². The number of hydrogen-bond donors (Lipinski definition) is 2. The third kappa shape index (κ3) is 6.68. The minimum atomic E-state index is -1.45. The van der Waals surface area contributed by atoms with Gasteiger partial charge in [0.15, 0.2) is 12.0 Å². The SMILES string of the molecule is N#Cc1cc(-c2ncnc(Nc3ccc(N4CCN5CCOC[C@H]5C4)cc3)n2)ccc1OC1[C@H](F)CCCN1C(=O)[C@@H]1CCC(=O)N1. The number of morpholine rings is 1. The van der Waals surface area contributed by atoms with Crippen LogP contribution < -0.4 is 20.3 Å². The zero-order valence-corrected chi connectivity index (χ0v) is 25.8. The van der Waals surface area contributed by atoms with Crippen molar-refractivity contribution in [2.24, 2.45) is 0 Å². The summed E-state index contributed by atoms with van der Waals surface area (Å²) < 4.78 is 26.8. The fourth-order valence-electron chi connectivity index (χ4n) is 6.64. The fraction of sp³-hybridized carbons (Fsp3) is 0.455. The number of aromatic nitrogens is 3. The van der Waals surface area contributed by atoms with Crippen molar-refractivity contribution in [2.45, 2.75) is 50.2 Å². The largest absolute Gasteiger partial charge is 0.466 e. The van der Waals surface area contributed by atoms with Gasteiger partial charge in [-0.2, -0.15) is 10.2 Å². The average Bonchev–Trinajstić information content (AvgIpc) is 3.55. The number of benzene rings is 2. The fourth-order valence-corrected chi connectivity index (χ4v) is 6.64. The molecule has 0 spiro atoms. The molecule has 5 heterocycles. The highest BCUT2D eigenvalue weighted by Crippen LogP contribution is 2.31. The van der Waals surface area contributed by atoms with Gasteiger partial charge in [0, 0.05) is 56.1 Å². The van der Waals surface area contributed by atoms with Crippen LogP contribution in [0.1, 0.15) is 31.2 Å². The summed E-state index contributed by atoms with van der Waals surface area (Å²) in [5.74, 6) is 0.237. The second-order valence-corrected chi connectivity index (χ2v) is 12.2. The standard InChI is InChI=1S/C33H36FN9O4/c34-26-2-1-11-43(31(45)27-8-10-29(44)39-27)32(26)47-28-9-3-21(16-22(28)17-35)30-36-20-37-33(40-30)38-23-4-6-24(7-5-23)42-13-12-41-14-15-46-19-25(41)18-42/h3-7,9,16,20,25-27,32H,1-2,8,10-15,18-19H2,(H,39,44)(H,36,37,38,40)/t25-,26-,27+,32?/m1/s1. The van der Waals surface area contributed by atoms with E-state index in [9.17, 15) is 14.9 Å². The summed E-state index contributed by atoms with van der Waals surface area (Å²) in [7, 11) is 0. The van der Waals surface area contributed by atoms with Gasteiger partial charge in [0.05, 0.1) is 24.8 Å². The molecule has 3 aromatic rings. The number of alkyl halides is 1. The zero-order valence-electron chi connectivity index (χ0n) is 25.8. The summed E-state index contributed by atoms with van der Waals surface area (Å²) in [5, 5.41) is 15.8. The van der Waals surface area contributed by atoms with Gasteiger partial charge in [-0.15, -0.1) is 0 Å². The number of ether oxygens (including phenoxy) is 2. The van der Waals surface area contributed by atoms with Crippen molar-refractivity contribution in [1.82, 2.24) is 30.1 Å². The second kappa shape index (κ2) is 13.5. The Morgan fingerprint density at radius 2 is 1.98 bits per heavy atom. The quantitative estimate of drug-likeness (QED) is 0.392. The zero-order chi connectivity index (χ0) is 32.3. The summed E-state index contributed by atoms with van der Waals surface area (Å²) in [6, 6.07) is 14.8. The maximum absolute atomic E-state index is 15.2. The second-order valence-electron chi connectivity index (χ2n) is 12.2. The van der Waals surface area contributed by atoms with E-state index in [4.69, 9.17) is 9.47 Å². The molecule has 1 unspecified atom stereocenters. The third-order valence-corrected chi connectivity index (χ3v) is 9.18. The van der Waals surface area contributed by atoms with Gasteiger partial charge in [-0.05, 0) is 61.7 Å². The van der Waals surface area contributed by atoms with E-state index in [2.05, 4.69) is 53.6 Å². The molecule has 0 radical (unpaired) electrons. The molecule has 7 rings (SSSR count). The van der Waals surface area contributed by atoms with Gasteiger partial charge >= 0.3 is 0 Å². The Morgan fingerprint density at radius 3 is 2.79 bits per heavy atom. The van der Waals surface area contributed by atoms with E-state index in [1.54, 1.807) is 18.2 Å². The first-order valence-corrected chi connectivity index (χ1v) is 16.0. The van der Waals surface area contributed by atoms with Crippen molar-refractivity contribution in [3.05, 3.63) is 54.4 Å². The summed E-state index contributed by atoms with van der Waals surface area (Å²) in [6.07, 6.45) is 0.0489. The van der Waals surface area contributed by atoms with Crippen LogP contribution in [0.15, 0.2) is 48.8 Å². The number of carbonyl (C=O) groups excluding carboxylic acids is 2. The van der Waals surface area contributed by atoms with Crippen LogP contribution in [0.4, 0.5) is 21.7 Å². The van der Waals surface area contributed by atoms with Crippen molar-refractivity contribution in [1.29, 1.82) is 5.26 Å². The van der Waals surface area contributed by atoms with Crippen LogP contribution in [0.3, 0.4) is 0 Å². The summed E-state index contributed by atoms with van der Waals surface area (Å²) in [5.41, 5.74) is 2.65. The topological polar surface area (TPSA) is 149 Å². The highest BCUT2D eigenvalue weighted by molar-refractivity contribution is 5.91. The van der Waals surface area contributed by atoms with Crippen LogP contribution in [0.5, 0.6) is 5.75 Å². The Kier molecular flexibility index (Phi) is 8.82. The van der Waals surface area contributed by atoms with Crippen molar-refractivity contribution in [3.63, 3.8) is 0 Å². The van der Waals surface area contributed by atoms with E-state index in [1.807, 2.05) is 12.1 Å². The first-order valence-electron chi connectivity index (χ1n) is 16.0. The van der Waals surface area contributed by atoms with E-state index < -0.39 is 18.4 Å². The Labute approximate surface area is 271 Å². The first-order chi connectivity index (χ1) is 22.9. The van der Waals surface area contributed by atoms with Crippen molar-refractivity contribution in [3.8, 4) is 23.2 Å². The third-order valence-electron chi connectivity index (χ3n) is 9.18. The number of likely N-dealkylation sites (tertiary alicyclic amines) is 1. The van der Waals surface area contributed by atoms with E-state index in [0.29, 0.717) is 42.8 Å². The molecule has 0 aliphatic carbocycles. The molecule has 14 heteroatoms. The van der Waals surface area contributed by atoms with Crippen LogP contribution in [-0.2, 0) is 14.3 Å². The number of nitrogens with one attached hydrogen (secondary N) is 2. The number of nitriles is 1. The predicted molar refractivity (Wildman–Crippen MR) is 170 cm³/mol. The van der Waals surface area contributed by atoms with Gasteiger partial charge < -0.3 is 29.9 Å². The summed E-state index contributed by atoms with van der Waals surface area (Å²) in [6.45, 7) is 5.80. The number of anilines is 3. The molecular formula is C33H36FN9O4. The highest BCUT2D eigenvalue weighted by Gasteiger charge is 2.41. The number of nitrogens with zero attached hydrogens (tertiary/aromatic N) is 7. The predicted octanol–water partition coefficient (Wildman–Crippen LogP) is 2.62. The van der Waals surface area contributed by atoms with Crippen LogP contribution in [-0.4, -0.2) is 107 Å². The number of hydrogen-bond acceptors (Lipinski definition) is 11. The first kappa shape index (κ1) is 30.8. The van der Waals surface area contributed by atoms with Crippen molar-refractivity contribution in [2.75, 3.05) is 56.2 Å². The Hall–Kier alpha value is -4.87. The number of rotatable bonds is 7. The van der Waals surface area contributed by atoms with E-state index in [0.717, 1.165) is 50.8 Å². The van der Waals surface area contributed by atoms with Crippen LogP contribution in [0.2, 0.25) is 0 Å². The lowest BCUT2D eigenvalue weighted by Gasteiger charge is -2.44. The molecule has 2 amide bonds. The van der Waals surface area contributed by atoms with E-state index >= 15 is 4.39 Å². The molecule has 4 fully saturated rings. The minimum absolute atomic E-state index is 0.143. The number of carbonyl (C=O) groups is 2. The smallest absolute Gasteiger partial charge is 0.248 e. The number of amides is 2. The van der Waals surface area contributed by atoms with E-state index in [1.165, 1.54) is 11.2 Å². The molecule has 4 atom stereocenters. The molecule has 4 saturated heterocycles. The lowest BCUT2D eigenvalue weighted by molar-refractivity contribution is -0.150. The summed E-state index contributed by atoms with van der Waals surface area (Å²) >= 11 is 0. The molecule has 4 aliphatic heterocycles. The highest BCUT2D eigenvalue weighted by atomic mass is 19.1. The lowest BCUT2D eigenvalue weighted by atomic mass is 10.0. The molecule has 13 nitrogen and oxygen atoms in total. The number of piperazine rings is 1.